The molecule has 1 heterocycles. The van der Waals surface area contributed by atoms with Crippen LogP contribution in [0.15, 0.2) is 40.8 Å². The fraction of sp³-hybridized carbons (Fsp3) is 0.250. The maximum absolute atomic E-state index is 5.98. The molecule has 0 bridgehead atoms. The molecule has 0 aliphatic carbocycles. The van der Waals surface area contributed by atoms with Gasteiger partial charge in [0.1, 0.15) is 11.2 Å². The zero-order chi connectivity index (χ0) is 12.0. The van der Waals surface area contributed by atoms with Crippen molar-refractivity contribution >= 4 is 21.9 Å². The summed E-state index contributed by atoms with van der Waals surface area (Å²) in [6.07, 6.45) is 0. The molecule has 17 heavy (non-hydrogen) atoms. The number of benzene rings is 2. The number of rotatable bonds is 0. The Morgan fingerprint density at radius 3 is 2.53 bits per heavy atom. The van der Waals surface area contributed by atoms with Crippen LogP contribution in [0.25, 0.3) is 21.9 Å². The summed E-state index contributed by atoms with van der Waals surface area (Å²) >= 11 is 0. The lowest BCUT2D eigenvalue weighted by Gasteiger charge is -2.18. The Labute approximate surface area is 101 Å². The first kappa shape index (κ1) is 10.4. The van der Waals surface area contributed by atoms with E-state index in [-0.39, 0.29) is 5.41 Å². The summed E-state index contributed by atoms with van der Waals surface area (Å²) in [5, 5.41) is 2.37. The zero-order valence-electron chi connectivity index (χ0n) is 10.4. The highest BCUT2D eigenvalue weighted by Crippen LogP contribution is 2.35. The molecule has 1 aromatic heterocycles. The molecule has 0 atom stereocenters. The van der Waals surface area contributed by atoms with Crippen LogP contribution in [0.1, 0.15) is 26.3 Å². The fourth-order valence-corrected chi connectivity index (χ4v) is 2.25. The predicted octanol–water partition coefficient (Wildman–Crippen LogP) is 4.68. The molecule has 0 aliphatic rings. The molecule has 0 amide bonds. The van der Waals surface area contributed by atoms with Gasteiger partial charge in [-0.15, -0.1) is 0 Å². The third kappa shape index (κ3) is 1.54. The Kier molecular flexibility index (Phi) is 2.06. The Morgan fingerprint density at radius 2 is 1.76 bits per heavy atom. The van der Waals surface area contributed by atoms with Crippen molar-refractivity contribution in [2.45, 2.75) is 26.2 Å². The number of fused-ring (bicyclic) bond motifs is 3. The maximum Gasteiger partial charge on any atom is 0.139 e. The van der Waals surface area contributed by atoms with Gasteiger partial charge in [0.25, 0.3) is 0 Å². The van der Waals surface area contributed by atoms with Gasteiger partial charge in [-0.05, 0) is 23.6 Å². The molecule has 3 aromatic rings. The first-order valence-electron chi connectivity index (χ1n) is 5.90. The van der Waals surface area contributed by atoms with Crippen LogP contribution >= 0.6 is 0 Å². The minimum atomic E-state index is 0.0490. The van der Waals surface area contributed by atoms with E-state index in [9.17, 15) is 0 Å². The number of furan rings is 1. The first-order chi connectivity index (χ1) is 8.07. The number of para-hydroxylation sites is 1. The van der Waals surface area contributed by atoms with Crippen LogP contribution in [0.2, 0.25) is 0 Å². The van der Waals surface area contributed by atoms with Crippen molar-refractivity contribution in [3.63, 3.8) is 0 Å². The molecule has 1 radical (unpaired) electrons. The molecular weight excluding hydrogens is 208 g/mol. The van der Waals surface area contributed by atoms with E-state index in [1.54, 1.807) is 0 Å². The molecule has 85 valence electrons. The minimum Gasteiger partial charge on any atom is -0.456 e. The Balaban J connectivity index is 2.48. The SMILES string of the molecule is CC(C)(C)c1[c]ccc2c1oc1ccccc12. The van der Waals surface area contributed by atoms with Crippen molar-refractivity contribution in [2.75, 3.05) is 0 Å². The summed E-state index contributed by atoms with van der Waals surface area (Å²) < 4.78 is 5.98. The van der Waals surface area contributed by atoms with Gasteiger partial charge in [-0.2, -0.15) is 0 Å². The van der Waals surface area contributed by atoms with Crippen LogP contribution < -0.4 is 0 Å². The van der Waals surface area contributed by atoms with Crippen LogP contribution in [-0.2, 0) is 5.41 Å². The fourth-order valence-electron chi connectivity index (χ4n) is 2.25. The highest BCUT2D eigenvalue weighted by atomic mass is 16.3. The molecule has 0 aliphatic heterocycles. The lowest BCUT2D eigenvalue weighted by Crippen LogP contribution is -2.11. The Bertz CT molecular complexity index is 683. The molecule has 0 saturated heterocycles. The van der Waals surface area contributed by atoms with E-state index >= 15 is 0 Å². The molecule has 0 spiro atoms. The quantitative estimate of drug-likeness (QED) is 0.539. The van der Waals surface area contributed by atoms with Crippen molar-refractivity contribution in [1.82, 2.24) is 0 Å². The Morgan fingerprint density at radius 1 is 1.00 bits per heavy atom. The lowest BCUT2D eigenvalue weighted by atomic mass is 9.86. The van der Waals surface area contributed by atoms with Gasteiger partial charge in [0.2, 0.25) is 0 Å². The van der Waals surface area contributed by atoms with Crippen molar-refractivity contribution in [3.05, 3.63) is 48.0 Å². The first-order valence-corrected chi connectivity index (χ1v) is 5.90. The van der Waals surface area contributed by atoms with Gasteiger partial charge in [-0.1, -0.05) is 45.0 Å². The van der Waals surface area contributed by atoms with Crippen molar-refractivity contribution in [2.24, 2.45) is 0 Å². The summed E-state index contributed by atoms with van der Waals surface area (Å²) in [6.45, 7) is 6.56. The summed E-state index contributed by atoms with van der Waals surface area (Å²) in [6, 6.07) is 15.6. The van der Waals surface area contributed by atoms with E-state index in [0.29, 0.717) is 0 Å². The van der Waals surface area contributed by atoms with Gasteiger partial charge >= 0.3 is 0 Å². The molecule has 3 rings (SSSR count). The number of hydrogen-bond donors (Lipinski definition) is 0. The topological polar surface area (TPSA) is 13.1 Å². The molecule has 1 nitrogen and oxygen atoms in total. The van der Waals surface area contributed by atoms with Gasteiger partial charge in [0.15, 0.2) is 0 Å². The lowest BCUT2D eigenvalue weighted by molar-refractivity contribution is 0.572. The largest absolute Gasteiger partial charge is 0.456 e. The van der Waals surface area contributed by atoms with Crippen molar-refractivity contribution in [1.29, 1.82) is 0 Å². The van der Waals surface area contributed by atoms with Gasteiger partial charge in [0, 0.05) is 16.3 Å². The highest BCUT2D eigenvalue weighted by Gasteiger charge is 2.20. The maximum atomic E-state index is 5.98. The second-order valence-electron chi connectivity index (χ2n) is 5.44. The van der Waals surface area contributed by atoms with E-state index in [1.165, 1.54) is 10.8 Å². The van der Waals surface area contributed by atoms with Gasteiger partial charge in [-0.3, -0.25) is 0 Å². The van der Waals surface area contributed by atoms with E-state index in [2.05, 4.69) is 39.0 Å². The van der Waals surface area contributed by atoms with E-state index in [1.807, 2.05) is 24.3 Å². The van der Waals surface area contributed by atoms with Crippen LogP contribution in [0, 0.1) is 6.07 Å². The van der Waals surface area contributed by atoms with Crippen LogP contribution in [0.5, 0.6) is 0 Å². The average Bonchev–Trinajstić information content (AvgIpc) is 2.65. The van der Waals surface area contributed by atoms with Gasteiger partial charge < -0.3 is 4.42 Å². The second-order valence-corrected chi connectivity index (χ2v) is 5.44. The number of hydrogen-bond acceptors (Lipinski definition) is 1. The molecule has 0 fully saturated rings. The van der Waals surface area contributed by atoms with Gasteiger partial charge in [0.05, 0.1) is 0 Å². The summed E-state index contributed by atoms with van der Waals surface area (Å²) in [4.78, 5) is 0. The van der Waals surface area contributed by atoms with Crippen LogP contribution in [0.4, 0.5) is 0 Å². The molecule has 2 aromatic carbocycles. The van der Waals surface area contributed by atoms with Crippen molar-refractivity contribution in [3.8, 4) is 0 Å². The molecule has 0 saturated carbocycles. The molecular formula is C16H15O. The molecule has 1 heteroatoms. The zero-order valence-corrected chi connectivity index (χ0v) is 10.4. The summed E-state index contributed by atoms with van der Waals surface area (Å²) in [5.74, 6) is 0. The molecule has 0 N–H and O–H groups in total. The van der Waals surface area contributed by atoms with E-state index in [0.717, 1.165) is 16.7 Å². The minimum absolute atomic E-state index is 0.0490. The standard InChI is InChI=1S/C16H15O/c1-16(2,3)13-9-6-8-12-11-7-4-5-10-14(11)17-15(12)13/h4-8,10H,1-3H3. The van der Waals surface area contributed by atoms with Crippen molar-refractivity contribution < 1.29 is 4.42 Å². The predicted molar refractivity (Wildman–Crippen MR) is 71.3 cm³/mol. The third-order valence-corrected chi connectivity index (χ3v) is 3.09. The normalized spacial score (nSPS) is 12.4. The van der Waals surface area contributed by atoms with Gasteiger partial charge in [-0.25, -0.2) is 0 Å². The molecule has 0 unspecified atom stereocenters. The smallest absolute Gasteiger partial charge is 0.139 e. The summed E-state index contributed by atoms with van der Waals surface area (Å²) in [7, 11) is 0. The highest BCUT2D eigenvalue weighted by molar-refractivity contribution is 6.05. The third-order valence-electron chi connectivity index (χ3n) is 3.09. The summed E-state index contributed by atoms with van der Waals surface area (Å²) in [5.41, 5.74) is 3.12. The second kappa shape index (κ2) is 3.36. The van der Waals surface area contributed by atoms with Crippen LogP contribution in [-0.4, -0.2) is 0 Å². The van der Waals surface area contributed by atoms with Crippen LogP contribution in [0.3, 0.4) is 0 Å². The Hall–Kier alpha value is -1.76. The van der Waals surface area contributed by atoms with E-state index in [4.69, 9.17) is 4.42 Å². The monoisotopic (exact) mass is 223 g/mol. The average molecular weight is 223 g/mol. The van der Waals surface area contributed by atoms with E-state index < -0.39 is 0 Å².